The van der Waals surface area contributed by atoms with Crippen LogP contribution < -0.4 is 15.0 Å². The normalized spacial score (nSPS) is 14.1. The summed E-state index contributed by atoms with van der Waals surface area (Å²) in [5.74, 6) is 1.07. The summed E-state index contributed by atoms with van der Waals surface area (Å²) in [6.07, 6.45) is 2.36. The van der Waals surface area contributed by atoms with Crippen molar-refractivity contribution in [2.75, 3.05) is 49.6 Å². The van der Waals surface area contributed by atoms with Gasteiger partial charge in [-0.3, -0.25) is 0 Å². The third-order valence-corrected chi connectivity index (χ3v) is 4.79. The number of carbonyl (C=O) groups excluding carboxylic acids is 2. The number of anilines is 2. The van der Waals surface area contributed by atoms with Gasteiger partial charge in [-0.05, 0) is 44.5 Å². The first-order chi connectivity index (χ1) is 14.6. The van der Waals surface area contributed by atoms with Gasteiger partial charge in [-0.15, -0.1) is 0 Å². The molecule has 1 aliphatic heterocycles. The predicted molar refractivity (Wildman–Crippen MR) is 115 cm³/mol. The minimum absolute atomic E-state index is 0.144. The number of benzene rings is 1. The highest BCUT2D eigenvalue weighted by molar-refractivity contribution is 5.91. The Hall–Kier alpha value is -3.29. The van der Waals surface area contributed by atoms with Gasteiger partial charge in [0.2, 0.25) is 0 Å². The van der Waals surface area contributed by atoms with Crippen LogP contribution >= 0.6 is 0 Å². The summed E-state index contributed by atoms with van der Waals surface area (Å²) >= 11 is 0. The molecule has 2 heterocycles. The number of amides is 2. The molecule has 0 radical (unpaired) electrons. The number of para-hydroxylation sites is 2. The summed E-state index contributed by atoms with van der Waals surface area (Å²) in [5, 5.41) is 2.96. The Kier molecular flexibility index (Phi) is 7.48. The second-order valence-corrected chi connectivity index (χ2v) is 6.81. The number of esters is 1. The van der Waals surface area contributed by atoms with Gasteiger partial charge in [-0.25, -0.2) is 14.6 Å². The monoisotopic (exact) mass is 412 g/mol. The minimum Gasteiger partial charge on any atom is -0.492 e. The number of carbonyl (C=O) groups is 2. The molecule has 1 saturated heterocycles. The molecule has 0 spiro atoms. The molecular formula is C22H28N4O4. The van der Waals surface area contributed by atoms with Crippen LogP contribution in [0.1, 0.15) is 30.6 Å². The molecule has 2 aromatic rings. The number of pyridine rings is 1. The van der Waals surface area contributed by atoms with Crippen LogP contribution in [0, 0.1) is 0 Å². The number of hydrogen-bond acceptors (Lipinski definition) is 6. The molecule has 8 heteroatoms. The topological polar surface area (TPSA) is 84.0 Å². The molecular weight excluding hydrogens is 384 g/mol. The zero-order valence-corrected chi connectivity index (χ0v) is 17.5. The van der Waals surface area contributed by atoms with E-state index in [4.69, 9.17) is 9.47 Å². The Labute approximate surface area is 176 Å². The molecule has 2 amide bonds. The van der Waals surface area contributed by atoms with Crippen molar-refractivity contribution in [3.63, 3.8) is 0 Å². The van der Waals surface area contributed by atoms with Gasteiger partial charge in [-0.2, -0.15) is 0 Å². The van der Waals surface area contributed by atoms with E-state index < -0.39 is 0 Å². The number of nitrogens with zero attached hydrogens (tertiary/aromatic N) is 3. The largest absolute Gasteiger partial charge is 0.492 e. The summed E-state index contributed by atoms with van der Waals surface area (Å²) in [5.41, 5.74) is 1.10. The van der Waals surface area contributed by atoms with E-state index in [-0.39, 0.29) is 12.0 Å². The molecule has 0 saturated carbocycles. The van der Waals surface area contributed by atoms with Gasteiger partial charge in [0.15, 0.2) is 0 Å². The summed E-state index contributed by atoms with van der Waals surface area (Å²) in [7, 11) is 0. The molecule has 3 rings (SSSR count). The van der Waals surface area contributed by atoms with E-state index in [9.17, 15) is 9.59 Å². The molecule has 0 aliphatic carbocycles. The maximum absolute atomic E-state index is 12.8. The van der Waals surface area contributed by atoms with Crippen LogP contribution in [-0.2, 0) is 4.74 Å². The number of hydrogen-bond donors (Lipinski definition) is 1. The van der Waals surface area contributed by atoms with Gasteiger partial charge in [-0.1, -0.05) is 12.1 Å². The van der Waals surface area contributed by atoms with Crippen LogP contribution in [-0.4, -0.2) is 61.3 Å². The Bertz CT molecular complexity index is 856. The van der Waals surface area contributed by atoms with Gasteiger partial charge in [0.25, 0.3) is 0 Å². The van der Waals surface area contributed by atoms with E-state index >= 15 is 0 Å². The lowest BCUT2D eigenvalue weighted by Gasteiger charge is -2.23. The molecule has 1 aliphatic rings. The summed E-state index contributed by atoms with van der Waals surface area (Å²) in [6, 6.07) is 10.8. The van der Waals surface area contributed by atoms with Crippen LogP contribution in [0.25, 0.3) is 0 Å². The standard InChI is InChI=1S/C22H28N4O4/c1-3-29-19-9-6-5-8-18(19)24-22(28)26-13-7-12-25(14-15-26)20-11-10-17(16-23-20)21(27)30-4-2/h5-6,8-11,16H,3-4,7,12-15H2,1-2H3,(H,24,28). The first-order valence-corrected chi connectivity index (χ1v) is 10.3. The van der Waals surface area contributed by atoms with Crippen LogP contribution in [0.3, 0.4) is 0 Å². The molecule has 30 heavy (non-hydrogen) atoms. The second-order valence-electron chi connectivity index (χ2n) is 6.81. The second kappa shape index (κ2) is 10.5. The van der Waals surface area contributed by atoms with Gasteiger partial charge in [0.1, 0.15) is 11.6 Å². The third kappa shape index (κ3) is 5.40. The lowest BCUT2D eigenvalue weighted by atomic mass is 10.2. The SMILES string of the molecule is CCOC(=O)c1ccc(N2CCCN(C(=O)Nc3ccccc3OCC)CC2)nc1. The molecule has 0 atom stereocenters. The van der Waals surface area contributed by atoms with Crippen molar-refractivity contribution in [3.8, 4) is 5.75 Å². The fraction of sp³-hybridized carbons (Fsp3) is 0.409. The van der Waals surface area contributed by atoms with Crippen molar-refractivity contribution in [1.82, 2.24) is 9.88 Å². The van der Waals surface area contributed by atoms with Crippen molar-refractivity contribution in [2.45, 2.75) is 20.3 Å². The van der Waals surface area contributed by atoms with Crippen LogP contribution in [0.4, 0.5) is 16.3 Å². The van der Waals surface area contributed by atoms with E-state index in [0.29, 0.717) is 49.8 Å². The molecule has 0 unspecified atom stereocenters. The average molecular weight is 412 g/mol. The van der Waals surface area contributed by atoms with Crippen LogP contribution in [0.5, 0.6) is 5.75 Å². The third-order valence-electron chi connectivity index (χ3n) is 4.79. The van der Waals surface area contributed by atoms with E-state index in [1.54, 1.807) is 17.9 Å². The van der Waals surface area contributed by atoms with Crippen molar-refractivity contribution < 1.29 is 19.1 Å². The number of urea groups is 1. The maximum atomic E-state index is 12.8. The zero-order chi connectivity index (χ0) is 21.3. The summed E-state index contributed by atoms with van der Waals surface area (Å²) in [4.78, 5) is 32.9. The molecule has 1 fully saturated rings. The van der Waals surface area contributed by atoms with E-state index in [0.717, 1.165) is 18.8 Å². The molecule has 8 nitrogen and oxygen atoms in total. The number of rotatable bonds is 6. The number of nitrogens with one attached hydrogen (secondary N) is 1. The first kappa shape index (κ1) is 21.4. The molecule has 1 aromatic carbocycles. The number of ether oxygens (including phenoxy) is 2. The first-order valence-electron chi connectivity index (χ1n) is 10.3. The lowest BCUT2D eigenvalue weighted by Crippen LogP contribution is -2.38. The fourth-order valence-corrected chi connectivity index (χ4v) is 3.30. The summed E-state index contributed by atoms with van der Waals surface area (Å²) in [6.45, 7) is 7.22. The maximum Gasteiger partial charge on any atom is 0.339 e. The Balaban J connectivity index is 1.59. The minimum atomic E-state index is -0.373. The smallest absolute Gasteiger partial charge is 0.339 e. The Morgan fingerprint density at radius 2 is 1.87 bits per heavy atom. The van der Waals surface area contributed by atoms with Crippen molar-refractivity contribution in [3.05, 3.63) is 48.2 Å². The highest BCUT2D eigenvalue weighted by Gasteiger charge is 2.21. The van der Waals surface area contributed by atoms with E-state index in [1.165, 1.54) is 6.20 Å². The Morgan fingerprint density at radius 1 is 1.03 bits per heavy atom. The molecule has 160 valence electrons. The Morgan fingerprint density at radius 3 is 2.60 bits per heavy atom. The van der Waals surface area contributed by atoms with Crippen molar-refractivity contribution in [1.29, 1.82) is 0 Å². The average Bonchev–Trinajstić information content (AvgIpc) is 3.02. The van der Waals surface area contributed by atoms with Gasteiger partial charge < -0.3 is 24.6 Å². The quantitative estimate of drug-likeness (QED) is 0.732. The lowest BCUT2D eigenvalue weighted by molar-refractivity contribution is 0.0526. The predicted octanol–water partition coefficient (Wildman–Crippen LogP) is 3.40. The van der Waals surface area contributed by atoms with Crippen LogP contribution in [0.2, 0.25) is 0 Å². The fourth-order valence-electron chi connectivity index (χ4n) is 3.30. The molecule has 1 N–H and O–H groups in total. The van der Waals surface area contributed by atoms with Crippen LogP contribution in [0.15, 0.2) is 42.6 Å². The van der Waals surface area contributed by atoms with Gasteiger partial charge in [0.05, 0.1) is 24.5 Å². The van der Waals surface area contributed by atoms with Crippen molar-refractivity contribution >= 4 is 23.5 Å². The van der Waals surface area contributed by atoms with Gasteiger partial charge >= 0.3 is 12.0 Å². The summed E-state index contributed by atoms with van der Waals surface area (Å²) < 4.78 is 10.6. The van der Waals surface area contributed by atoms with Crippen molar-refractivity contribution in [2.24, 2.45) is 0 Å². The van der Waals surface area contributed by atoms with E-state index in [2.05, 4.69) is 15.2 Å². The van der Waals surface area contributed by atoms with E-state index in [1.807, 2.05) is 37.3 Å². The zero-order valence-electron chi connectivity index (χ0n) is 17.5. The van der Waals surface area contributed by atoms with Gasteiger partial charge in [0, 0.05) is 32.4 Å². The number of aromatic nitrogens is 1. The molecule has 0 bridgehead atoms. The molecule has 1 aromatic heterocycles. The highest BCUT2D eigenvalue weighted by atomic mass is 16.5. The highest BCUT2D eigenvalue weighted by Crippen LogP contribution is 2.24.